The van der Waals surface area contributed by atoms with Crippen molar-refractivity contribution < 1.29 is 19.8 Å². The summed E-state index contributed by atoms with van der Waals surface area (Å²) >= 11 is 0. The van der Waals surface area contributed by atoms with Crippen molar-refractivity contribution in [1.29, 1.82) is 0 Å². The molecule has 162 valence electrons. The number of pyridine rings is 1. The fourth-order valence-electron chi connectivity index (χ4n) is 4.33. The minimum Gasteiger partial charge on any atom is -0.480 e. The van der Waals surface area contributed by atoms with Gasteiger partial charge in [0.2, 0.25) is 0 Å². The molecular weight excluding hydrogens is 386 g/mol. The average molecular weight is 415 g/mol. The van der Waals surface area contributed by atoms with Crippen molar-refractivity contribution in [1.82, 2.24) is 24.8 Å². The molecular formula is C21H29N5O4. The molecule has 1 unspecified atom stereocenters. The quantitative estimate of drug-likeness (QED) is 0.506. The predicted molar refractivity (Wildman–Crippen MR) is 110 cm³/mol. The van der Waals surface area contributed by atoms with Crippen LogP contribution < -0.4 is 0 Å². The van der Waals surface area contributed by atoms with E-state index in [0.29, 0.717) is 19.5 Å². The zero-order chi connectivity index (χ0) is 21.3. The van der Waals surface area contributed by atoms with Crippen LogP contribution in [0.2, 0.25) is 0 Å². The summed E-state index contributed by atoms with van der Waals surface area (Å²) in [7, 11) is 0. The number of carboxylic acid groups (broad SMARTS) is 2. The Labute approximate surface area is 175 Å². The molecule has 1 aliphatic rings. The molecule has 0 aromatic carbocycles. The van der Waals surface area contributed by atoms with Gasteiger partial charge in [-0.1, -0.05) is 18.9 Å². The lowest BCUT2D eigenvalue weighted by molar-refractivity contribution is -0.142. The van der Waals surface area contributed by atoms with Gasteiger partial charge in [-0.25, -0.2) is 4.98 Å². The molecule has 9 heteroatoms. The Balaban J connectivity index is 1.78. The molecule has 1 fully saturated rings. The molecule has 0 bridgehead atoms. The first-order chi connectivity index (χ1) is 14.5. The van der Waals surface area contributed by atoms with Crippen LogP contribution in [0.3, 0.4) is 0 Å². The van der Waals surface area contributed by atoms with Gasteiger partial charge in [-0.05, 0) is 25.0 Å². The Kier molecular flexibility index (Phi) is 7.92. The monoisotopic (exact) mass is 415 g/mol. The van der Waals surface area contributed by atoms with Crippen LogP contribution in [0.25, 0.3) is 0 Å². The highest BCUT2D eigenvalue weighted by Crippen LogP contribution is 2.28. The van der Waals surface area contributed by atoms with E-state index in [4.69, 9.17) is 0 Å². The molecule has 1 aliphatic carbocycles. The Hall–Kier alpha value is -2.78. The molecule has 3 N–H and O–H groups in total. The van der Waals surface area contributed by atoms with Gasteiger partial charge in [-0.2, -0.15) is 0 Å². The van der Waals surface area contributed by atoms with Crippen LogP contribution in [-0.2, 0) is 22.6 Å². The topological polar surface area (TPSA) is 123 Å². The van der Waals surface area contributed by atoms with Crippen LogP contribution in [0.4, 0.5) is 0 Å². The number of carboxylic acids is 2. The van der Waals surface area contributed by atoms with E-state index < -0.39 is 11.9 Å². The second-order valence-corrected chi connectivity index (χ2v) is 7.71. The van der Waals surface area contributed by atoms with E-state index in [1.807, 2.05) is 28.0 Å². The molecule has 9 nitrogen and oxygen atoms in total. The number of nitrogens with one attached hydrogen (secondary N) is 1. The molecule has 0 amide bonds. The van der Waals surface area contributed by atoms with Crippen molar-refractivity contribution in [3.05, 3.63) is 48.3 Å². The van der Waals surface area contributed by atoms with Gasteiger partial charge in [0.05, 0.1) is 25.1 Å². The van der Waals surface area contributed by atoms with Crippen molar-refractivity contribution in [2.45, 2.75) is 50.7 Å². The number of imidazole rings is 1. The average Bonchev–Trinajstić information content (AvgIpc) is 3.24. The van der Waals surface area contributed by atoms with E-state index in [9.17, 15) is 19.8 Å². The second-order valence-electron chi connectivity index (χ2n) is 7.71. The number of hydrogen-bond donors (Lipinski definition) is 3. The Morgan fingerprint density at radius 2 is 1.70 bits per heavy atom. The van der Waals surface area contributed by atoms with Crippen LogP contribution in [0, 0.1) is 0 Å². The van der Waals surface area contributed by atoms with E-state index in [1.54, 1.807) is 18.7 Å². The molecule has 2 aromatic heterocycles. The van der Waals surface area contributed by atoms with Gasteiger partial charge in [0.1, 0.15) is 0 Å². The van der Waals surface area contributed by atoms with E-state index in [0.717, 1.165) is 37.1 Å². The summed E-state index contributed by atoms with van der Waals surface area (Å²) in [5, 5.41) is 19.0. The van der Waals surface area contributed by atoms with Crippen LogP contribution in [0.1, 0.15) is 37.1 Å². The number of hydrogen-bond acceptors (Lipinski definition) is 6. The summed E-state index contributed by atoms with van der Waals surface area (Å²) in [4.78, 5) is 38.6. The largest absolute Gasteiger partial charge is 0.480 e. The van der Waals surface area contributed by atoms with Gasteiger partial charge in [0, 0.05) is 49.7 Å². The van der Waals surface area contributed by atoms with E-state index in [1.165, 1.54) is 0 Å². The van der Waals surface area contributed by atoms with Crippen LogP contribution in [0.15, 0.2) is 36.9 Å². The maximum Gasteiger partial charge on any atom is 0.317 e. The summed E-state index contributed by atoms with van der Waals surface area (Å²) in [6.45, 7) is 0.804. The first kappa shape index (κ1) is 21.9. The fraction of sp³-hybridized carbons (Fsp3) is 0.524. The molecule has 2 atom stereocenters. The third kappa shape index (κ3) is 6.36. The first-order valence-electron chi connectivity index (χ1n) is 10.3. The number of aromatic amines is 1. The number of H-pyrrole nitrogens is 1. The zero-order valence-electron chi connectivity index (χ0n) is 17.0. The number of aliphatic carboxylic acids is 2. The molecule has 0 radical (unpaired) electrons. The highest BCUT2D eigenvalue weighted by Gasteiger charge is 2.35. The van der Waals surface area contributed by atoms with E-state index in [-0.39, 0.29) is 25.2 Å². The Morgan fingerprint density at radius 3 is 2.30 bits per heavy atom. The van der Waals surface area contributed by atoms with Crippen molar-refractivity contribution in [2.24, 2.45) is 0 Å². The number of aromatic nitrogens is 3. The zero-order valence-corrected chi connectivity index (χ0v) is 17.0. The maximum atomic E-state index is 11.6. The fourth-order valence-corrected chi connectivity index (χ4v) is 4.33. The molecule has 2 aromatic rings. The Bertz CT molecular complexity index is 799. The molecule has 0 saturated heterocycles. The van der Waals surface area contributed by atoms with E-state index in [2.05, 4.69) is 15.0 Å². The third-order valence-electron chi connectivity index (χ3n) is 5.61. The molecule has 1 saturated carbocycles. The highest BCUT2D eigenvalue weighted by molar-refractivity contribution is 5.69. The normalized spacial score (nSPS) is 19.3. The van der Waals surface area contributed by atoms with Crippen LogP contribution in [-0.4, -0.2) is 78.6 Å². The summed E-state index contributed by atoms with van der Waals surface area (Å²) in [6, 6.07) is 5.64. The van der Waals surface area contributed by atoms with Gasteiger partial charge in [-0.15, -0.1) is 0 Å². The van der Waals surface area contributed by atoms with E-state index >= 15 is 0 Å². The minimum absolute atomic E-state index is 0.0307. The molecule has 3 rings (SSSR count). The highest BCUT2D eigenvalue weighted by atomic mass is 16.4. The van der Waals surface area contributed by atoms with Gasteiger partial charge in [0.25, 0.3) is 0 Å². The summed E-state index contributed by atoms with van der Waals surface area (Å²) in [6.07, 6.45) is 9.41. The smallest absolute Gasteiger partial charge is 0.317 e. The van der Waals surface area contributed by atoms with Crippen molar-refractivity contribution in [2.75, 3.05) is 19.6 Å². The maximum absolute atomic E-state index is 11.6. The lowest BCUT2D eigenvalue weighted by Gasteiger charge is -2.44. The standard InChI is InChI=1S/C21H29N5O4/c27-20(28)13-25(10-8-16-5-3-4-9-23-16)18-6-1-2-7-19(18)26(14-21(29)30)12-17-11-22-15-24-17/h3-5,9,11,15,18-19H,1-2,6-8,10,12-14H2,(H,22,24)(H,27,28)(H,29,30)/t18-,19?/m0/s1. The third-order valence-corrected chi connectivity index (χ3v) is 5.61. The second kappa shape index (κ2) is 10.8. The lowest BCUT2D eigenvalue weighted by Crippen LogP contribution is -2.55. The molecule has 2 heterocycles. The van der Waals surface area contributed by atoms with Crippen LogP contribution >= 0.6 is 0 Å². The lowest BCUT2D eigenvalue weighted by atomic mass is 9.87. The van der Waals surface area contributed by atoms with Crippen LogP contribution in [0.5, 0.6) is 0 Å². The van der Waals surface area contributed by atoms with Gasteiger partial charge < -0.3 is 15.2 Å². The van der Waals surface area contributed by atoms with Crippen molar-refractivity contribution >= 4 is 11.9 Å². The summed E-state index contributed by atoms with van der Waals surface area (Å²) in [5.74, 6) is -1.77. The minimum atomic E-state index is -0.895. The molecule has 30 heavy (non-hydrogen) atoms. The summed E-state index contributed by atoms with van der Waals surface area (Å²) in [5.41, 5.74) is 1.69. The van der Waals surface area contributed by atoms with Gasteiger partial charge in [0.15, 0.2) is 0 Å². The molecule has 0 spiro atoms. The predicted octanol–water partition coefficient (Wildman–Crippen LogP) is 1.63. The number of nitrogens with zero attached hydrogens (tertiary/aromatic N) is 4. The first-order valence-corrected chi connectivity index (χ1v) is 10.3. The van der Waals surface area contributed by atoms with Gasteiger partial charge >= 0.3 is 11.9 Å². The van der Waals surface area contributed by atoms with Crippen molar-refractivity contribution in [3.8, 4) is 0 Å². The summed E-state index contributed by atoms with van der Waals surface area (Å²) < 4.78 is 0. The number of rotatable bonds is 11. The SMILES string of the molecule is O=C(O)CN(Cc1c[nH]cn1)C1CCCC[C@@H]1N(CCc1ccccn1)CC(=O)O. The van der Waals surface area contributed by atoms with Gasteiger partial charge in [-0.3, -0.25) is 24.4 Å². The number of carbonyl (C=O) groups is 2. The Morgan fingerprint density at radius 1 is 1.00 bits per heavy atom. The van der Waals surface area contributed by atoms with Crippen molar-refractivity contribution in [3.63, 3.8) is 0 Å². The molecule has 0 aliphatic heterocycles.